The van der Waals surface area contributed by atoms with Crippen LogP contribution in [0.3, 0.4) is 0 Å². The highest BCUT2D eigenvalue weighted by Gasteiger charge is 2.49. The van der Waals surface area contributed by atoms with E-state index in [1.807, 2.05) is 0 Å². The van der Waals surface area contributed by atoms with Gasteiger partial charge in [-0.25, -0.2) is 15.1 Å². The highest BCUT2D eigenvalue weighted by atomic mass is 32.3. The lowest BCUT2D eigenvalue weighted by Gasteiger charge is -2.29. The van der Waals surface area contributed by atoms with Crippen molar-refractivity contribution in [3.63, 3.8) is 0 Å². The fourth-order valence-electron chi connectivity index (χ4n) is 3.87. The third kappa shape index (κ3) is 6.89. The molecule has 3 aliphatic rings. The summed E-state index contributed by atoms with van der Waals surface area (Å²) in [4.78, 5) is 45.3. The van der Waals surface area contributed by atoms with Crippen molar-refractivity contribution in [3.8, 4) is 0 Å². The molecule has 3 fully saturated rings. The average Bonchev–Trinajstić information content (AvgIpc) is 2.87. The number of fused-ring (bicyclic) bond motifs is 2. The Kier molecular flexibility index (Phi) is 7.68. The van der Waals surface area contributed by atoms with Crippen LogP contribution in [-0.2, 0) is 33.8 Å². The van der Waals surface area contributed by atoms with Gasteiger partial charge in [0.05, 0.1) is 12.6 Å². The molecule has 0 radical (unpaired) electrons. The van der Waals surface area contributed by atoms with Crippen molar-refractivity contribution in [1.29, 1.82) is 0 Å². The predicted octanol–water partition coefficient (Wildman–Crippen LogP) is 0.0632. The van der Waals surface area contributed by atoms with E-state index in [1.54, 1.807) is 20.8 Å². The van der Waals surface area contributed by atoms with E-state index in [9.17, 15) is 22.8 Å². The number of amides is 4. The normalized spacial score (nSPS) is 26.2. The molecule has 0 aromatic carbocycles. The van der Waals surface area contributed by atoms with Gasteiger partial charge in [-0.15, -0.1) is 4.28 Å². The van der Waals surface area contributed by atoms with Crippen LogP contribution in [0.25, 0.3) is 0 Å². The minimum atomic E-state index is -4.87. The van der Waals surface area contributed by atoms with Gasteiger partial charge in [0.1, 0.15) is 24.4 Å². The number of urea groups is 1. The Labute approximate surface area is 191 Å². The number of nitrogens with zero attached hydrogens (tertiary/aromatic N) is 3. The quantitative estimate of drug-likeness (QED) is 0.381. The number of hydrogen-bond acceptors (Lipinski definition) is 9. The highest BCUT2D eigenvalue weighted by Crippen LogP contribution is 2.30. The van der Waals surface area contributed by atoms with Crippen molar-refractivity contribution in [1.82, 2.24) is 20.3 Å². The van der Waals surface area contributed by atoms with Gasteiger partial charge in [-0.05, 0) is 40.0 Å². The van der Waals surface area contributed by atoms with Gasteiger partial charge in [0.25, 0.3) is 5.91 Å². The van der Waals surface area contributed by atoms with Crippen LogP contribution in [0.2, 0.25) is 0 Å². The molecule has 188 valence electrons. The molecule has 0 saturated carbocycles. The fourth-order valence-corrected chi connectivity index (χ4v) is 4.25. The Morgan fingerprint density at radius 3 is 2.64 bits per heavy atom. The zero-order valence-electron chi connectivity index (χ0n) is 18.8. The van der Waals surface area contributed by atoms with Gasteiger partial charge in [-0.2, -0.15) is 13.5 Å². The first kappa shape index (κ1) is 25.4. The molecule has 3 saturated heterocycles. The van der Waals surface area contributed by atoms with Crippen LogP contribution < -0.4 is 5.48 Å². The smallest absolute Gasteiger partial charge is 0.418 e. The molecule has 33 heavy (non-hydrogen) atoms. The molecule has 2 bridgehead atoms. The third-order valence-electron chi connectivity index (χ3n) is 5.24. The van der Waals surface area contributed by atoms with Crippen LogP contribution in [0.15, 0.2) is 0 Å². The molecular weight excluding hydrogens is 464 g/mol. The topological polar surface area (TPSA) is 164 Å². The molecule has 15 heteroatoms. The second-order valence-electron chi connectivity index (χ2n) is 9.06. The van der Waals surface area contributed by atoms with Gasteiger partial charge < -0.3 is 19.3 Å². The first-order valence-corrected chi connectivity index (χ1v) is 12.0. The zero-order chi connectivity index (χ0) is 24.4. The Bertz CT molecular complexity index is 861. The van der Waals surface area contributed by atoms with Gasteiger partial charge in [0.2, 0.25) is 0 Å². The van der Waals surface area contributed by atoms with E-state index >= 15 is 0 Å². The summed E-state index contributed by atoms with van der Waals surface area (Å²) in [7, 11) is -4.87. The number of ether oxygens (including phenoxy) is 2. The van der Waals surface area contributed by atoms with Gasteiger partial charge in [-0.1, -0.05) is 0 Å². The lowest BCUT2D eigenvalue weighted by molar-refractivity contribution is -0.142. The summed E-state index contributed by atoms with van der Waals surface area (Å²) in [5.41, 5.74) is 1.67. The Morgan fingerprint density at radius 1 is 1.24 bits per heavy atom. The number of nitrogens with one attached hydrogen (secondary N) is 1. The molecule has 0 aliphatic carbocycles. The van der Waals surface area contributed by atoms with Gasteiger partial charge in [0, 0.05) is 19.7 Å². The maximum Gasteiger partial charge on any atom is 0.418 e. The number of carbonyl (C=O) groups excluding carboxylic acids is 3. The SMILES string of the molecule is CC(C)(C)OC(=O)N1CCCOC(CONC(=O)[C@@H]2CC[C@@H]3CN2C(=O)N3OS(=O)(=O)O)C1. The van der Waals surface area contributed by atoms with Crippen LogP contribution in [0.1, 0.15) is 40.0 Å². The van der Waals surface area contributed by atoms with Crippen LogP contribution in [0.5, 0.6) is 0 Å². The van der Waals surface area contributed by atoms with Crippen molar-refractivity contribution in [3.05, 3.63) is 0 Å². The van der Waals surface area contributed by atoms with E-state index in [1.165, 1.54) is 4.90 Å². The summed E-state index contributed by atoms with van der Waals surface area (Å²) in [5.74, 6) is -0.590. The number of rotatable bonds is 6. The van der Waals surface area contributed by atoms with E-state index in [0.717, 1.165) is 4.90 Å². The summed E-state index contributed by atoms with van der Waals surface area (Å²) >= 11 is 0. The molecular formula is C18H30N4O10S. The van der Waals surface area contributed by atoms with Crippen molar-refractivity contribution >= 4 is 28.4 Å². The molecule has 3 atom stereocenters. The predicted molar refractivity (Wildman–Crippen MR) is 110 cm³/mol. The van der Waals surface area contributed by atoms with E-state index < -0.39 is 52.2 Å². The first-order chi connectivity index (χ1) is 15.3. The largest absolute Gasteiger partial charge is 0.444 e. The van der Waals surface area contributed by atoms with E-state index in [-0.39, 0.29) is 26.1 Å². The molecule has 2 N–H and O–H groups in total. The van der Waals surface area contributed by atoms with Crippen molar-refractivity contribution in [2.24, 2.45) is 0 Å². The number of hydroxylamine groups is 3. The summed E-state index contributed by atoms with van der Waals surface area (Å²) in [6.45, 7) is 6.49. The molecule has 3 aliphatic heterocycles. The fraction of sp³-hybridized carbons (Fsp3) is 0.833. The Balaban J connectivity index is 1.49. The van der Waals surface area contributed by atoms with Crippen molar-refractivity contribution in [2.45, 2.75) is 63.8 Å². The van der Waals surface area contributed by atoms with Crippen LogP contribution in [0.4, 0.5) is 9.59 Å². The van der Waals surface area contributed by atoms with Crippen LogP contribution >= 0.6 is 0 Å². The monoisotopic (exact) mass is 494 g/mol. The standard InChI is InChI=1S/C18H30N4O10S/c1-18(2,3)31-17(25)20-7-4-8-29-13(10-20)11-30-19-15(23)14-6-5-12-9-21(14)16(24)22(12)32-33(26,27)28/h12-14H,4-11H2,1-3H3,(H,19,23)(H,26,27,28)/t12-,13?,14+/m1/s1. The maximum atomic E-state index is 12.6. The summed E-state index contributed by atoms with van der Waals surface area (Å²) < 4.78 is 46.2. The molecule has 3 heterocycles. The second-order valence-corrected chi connectivity index (χ2v) is 10.1. The minimum absolute atomic E-state index is 0.0354. The van der Waals surface area contributed by atoms with E-state index in [4.69, 9.17) is 18.9 Å². The third-order valence-corrected chi connectivity index (χ3v) is 5.59. The first-order valence-electron chi connectivity index (χ1n) is 10.6. The van der Waals surface area contributed by atoms with Crippen molar-refractivity contribution in [2.75, 3.05) is 32.8 Å². The summed E-state index contributed by atoms with van der Waals surface area (Å²) in [5, 5.41) is 0.564. The minimum Gasteiger partial charge on any atom is -0.444 e. The Morgan fingerprint density at radius 2 is 1.97 bits per heavy atom. The Hall–Kier alpha value is -2.20. The molecule has 0 aromatic rings. The second kappa shape index (κ2) is 9.97. The van der Waals surface area contributed by atoms with Gasteiger partial charge >= 0.3 is 22.5 Å². The molecule has 14 nitrogen and oxygen atoms in total. The van der Waals surface area contributed by atoms with Gasteiger partial charge in [0.15, 0.2) is 0 Å². The molecule has 4 amide bonds. The van der Waals surface area contributed by atoms with Crippen molar-refractivity contribution < 1.29 is 45.9 Å². The number of piperidine rings is 1. The lowest BCUT2D eigenvalue weighted by Crippen LogP contribution is -2.50. The number of carbonyl (C=O) groups is 3. The average molecular weight is 495 g/mol. The maximum absolute atomic E-state index is 12.6. The highest BCUT2D eigenvalue weighted by molar-refractivity contribution is 7.80. The zero-order valence-corrected chi connectivity index (χ0v) is 19.6. The van der Waals surface area contributed by atoms with E-state index in [2.05, 4.69) is 9.76 Å². The van der Waals surface area contributed by atoms with Gasteiger partial charge in [-0.3, -0.25) is 14.2 Å². The number of hydrogen-bond donors (Lipinski definition) is 2. The lowest BCUT2D eigenvalue weighted by atomic mass is 10.0. The van der Waals surface area contributed by atoms with Crippen LogP contribution in [-0.4, -0.2) is 103 Å². The molecule has 1 unspecified atom stereocenters. The summed E-state index contributed by atoms with van der Waals surface area (Å²) in [6.07, 6.45) is 0.228. The van der Waals surface area contributed by atoms with Crippen LogP contribution in [0, 0.1) is 0 Å². The molecule has 0 aromatic heterocycles. The molecule has 0 spiro atoms. The summed E-state index contributed by atoms with van der Waals surface area (Å²) in [6, 6.07) is -2.32. The molecule has 3 rings (SSSR count). The van der Waals surface area contributed by atoms with E-state index in [0.29, 0.717) is 31.1 Å².